The summed E-state index contributed by atoms with van der Waals surface area (Å²) in [6.07, 6.45) is 1.44. The lowest BCUT2D eigenvalue weighted by Gasteiger charge is -2.32. The number of nitrogens with one attached hydrogen (secondary N) is 1. The van der Waals surface area contributed by atoms with Crippen LogP contribution < -0.4 is 5.48 Å². The Morgan fingerprint density at radius 2 is 2.24 bits per heavy atom. The Bertz CT molecular complexity index is 284. The van der Waals surface area contributed by atoms with Gasteiger partial charge in [0.2, 0.25) is 5.91 Å². The van der Waals surface area contributed by atoms with Crippen molar-refractivity contribution >= 4 is 17.5 Å². The van der Waals surface area contributed by atoms with E-state index in [2.05, 4.69) is 12.4 Å². The number of rotatable bonds is 5. The van der Waals surface area contributed by atoms with Gasteiger partial charge in [-0.1, -0.05) is 6.92 Å². The van der Waals surface area contributed by atoms with Gasteiger partial charge in [-0.3, -0.25) is 9.63 Å². The summed E-state index contributed by atoms with van der Waals surface area (Å²) in [4.78, 5) is 19.2. The molecule has 3 unspecified atom stereocenters. The van der Waals surface area contributed by atoms with E-state index in [4.69, 9.17) is 16.4 Å². The Hall–Kier alpha value is -0.320. The van der Waals surface area contributed by atoms with Crippen LogP contribution in [0.5, 0.6) is 0 Å². The fourth-order valence-electron chi connectivity index (χ4n) is 1.84. The van der Waals surface area contributed by atoms with Crippen molar-refractivity contribution in [2.24, 2.45) is 0 Å². The summed E-state index contributed by atoms with van der Waals surface area (Å²) in [5.41, 5.74) is 2.71. The molecular weight excluding hydrogens is 240 g/mol. The number of hydrogen-bond donors (Lipinski definition) is 1. The van der Waals surface area contributed by atoms with Crippen molar-refractivity contribution in [1.82, 2.24) is 10.4 Å². The summed E-state index contributed by atoms with van der Waals surface area (Å²) in [6.45, 7) is 9.99. The van der Waals surface area contributed by atoms with Crippen LogP contribution >= 0.6 is 11.6 Å². The van der Waals surface area contributed by atoms with Gasteiger partial charge in [-0.2, -0.15) is 5.48 Å². The van der Waals surface area contributed by atoms with Crippen LogP contribution in [0.2, 0.25) is 0 Å². The SMILES string of the molecule is CCC(C)(C)ONC(C)N1C(=O)C(Cl)CC1C. The van der Waals surface area contributed by atoms with E-state index in [1.165, 1.54) is 0 Å². The quantitative estimate of drug-likeness (QED) is 0.611. The van der Waals surface area contributed by atoms with Crippen LogP contribution in [0.15, 0.2) is 0 Å². The molecule has 1 rings (SSSR count). The van der Waals surface area contributed by atoms with E-state index >= 15 is 0 Å². The first kappa shape index (κ1) is 14.7. The van der Waals surface area contributed by atoms with Crippen molar-refractivity contribution in [3.63, 3.8) is 0 Å². The van der Waals surface area contributed by atoms with Gasteiger partial charge in [-0.05, 0) is 40.5 Å². The average Bonchev–Trinajstić information content (AvgIpc) is 2.50. The first-order valence-corrected chi connectivity index (χ1v) is 6.62. The Morgan fingerprint density at radius 1 is 1.65 bits per heavy atom. The minimum absolute atomic E-state index is 0.0166. The molecule has 1 aliphatic rings. The highest BCUT2D eigenvalue weighted by Crippen LogP contribution is 2.25. The maximum absolute atomic E-state index is 11.8. The minimum Gasteiger partial charge on any atom is -0.321 e. The van der Waals surface area contributed by atoms with E-state index in [1.807, 2.05) is 27.7 Å². The van der Waals surface area contributed by atoms with Crippen LogP contribution in [0.25, 0.3) is 0 Å². The second-order valence-electron chi connectivity index (χ2n) is 5.31. The topological polar surface area (TPSA) is 41.6 Å². The van der Waals surface area contributed by atoms with Crippen molar-refractivity contribution in [2.75, 3.05) is 0 Å². The van der Waals surface area contributed by atoms with Gasteiger partial charge in [0, 0.05) is 6.04 Å². The number of nitrogens with zero attached hydrogens (tertiary/aromatic N) is 1. The molecule has 0 bridgehead atoms. The molecule has 1 N–H and O–H groups in total. The highest BCUT2D eigenvalue weighted by atomic mass is 35.5. The largest absolute Gasteiger partial charge is 0.321 e. The predicted molar refractivity (Wildman–Crippen MR) is 68.6 cm³/mol. The lowest BCUT2D eigenvalue weighted by Crippen LogP contribution is -2.50. The Morgan fingerprint density at radius 3 is 2.65 bits per heavy atom. The third-order valence-electron chi connectivity index (χ3n) is 3.32. The zero-order valence-corrected chi connectivity index (χ0v) is 12.0. The molecule has 3 atom stereocenters. The van der Waals surface area contributed by atoms with Gasteiger partial charge in [0.05, 0.1) is 5.60 Å². The van der Waals surface area contributed by atoms with Crippen LogP contribution in [0.3, 0.4) is 0 Å². The molecule has 0 spiro atoms. The second kappa shape index (κ2) is 5.55. The molecule has 5 heteroatoms. The highest BCUT2D eigenvalue weighted by molar-refractivity contribution is 6.31. The van der Waals surface area contributed by atoms with Gasteiger partial charge in [-0.25, -0.2) is 0 Å². The van der Waals surface area contributed by atoms with Crippen LogP contribution in [0.1, 0.15) is 47.5 Å². The molecule has 4 nitrogen and oxygen atoms in total. The zero-order chi connectivity index (χ0) is 13.2. The molecule has 0 radical (unpaired) electrons. The maximum atomic E-state index is 11.8. The molecule has 0 aromatic rings. The van der Waals surface area contributed by atoms with Crippen molar-refractivity contribution in [1.29, 1.82) is 0 Å². The lowest BCUT2D eigenvalue weighted by molar-refractivity contribution is -0.147. The monoisotopic (exact) mass is 262 g/mol. The predicted octanol–water partition coefficient (Wildman–Crippen LogP) is 2.27. The molecule has 0 aromatic heterocycles. The standard InChI is InChI=1S/C12H23ClN2O2/c1-6-12(4,5)17-14-9(3)15-8(2)7-10(13)11(15)16/h8-10,14H,6-7H2,1-5H3. The molecule has 1 fully saturated rings. The number of hydroxylamine groups is 1. The molecule has 1 aliphatic heterocycles. The molecule has 0 saturated carbocycles. The Balaban J connectivity index is 2.53. The van der Waals surface area contributed by atoms with Crippen LogP contribution in [0.4, 0.5) is 0 Å². The molecule has 1 amide bonds. The molecule has 17 heavy (non-hydrogen) atoms. The lowest BCUT2D eigenvalue weighted by atomic mass is 10.1. The molecule has 1 heterocycles. The highest BCUT2D eigenvalue weighted by Gasteiger charge is 2.38. The summed E-state index contributed by atoms with van der Waals surface area (Å²) in [6, 6.07) is 0.154. The fraction of sp³-hybridized carbons (Fsp3) is 0.917. The first-order valence-electron chi connectivity index (χ1n) is 6.18. The van der Waals surface area contributed by atoms with E-state index in [1.54, 1.807) is 4.90 Å². The van der Waals surface area contributed by atoms with Crippen molar-refractivity contribution in [2.45, 2.75) is 70.6 Å². The van der Waals surface area contributed by atoms with E-state index < -0.39 is 5.38 Å². The molecule has 1 saturated heterocycles. The zero-order valence-electron chi connectivity index (χ0n) is 11.3. The van der Waals surface area contributed by atoms with Gasteiger partial charge in [-0.15, -0.1) is 11.6 Å². The summed E-state index contributed by atoms with van der Waals surface area (Å²) in [7, 11) is 0. The van der Waals surface area contributed by atoms with E-state index in [0.29, 0.717) is 6.42 Å². The summed E-state index contributed by atoms with van der Waals surface area (Å²) < 4.78 is 0. The van der Waals surface area contributed by atoms with Gasteiger partial charge >= 0.3 is 0 Å². The number of carbonyl (C=O) groups is 1. The van der Waals surface area contributed by atoms with Crippen LogP contribution in [0, 0.1) is 0 Å². The van der Waals surface area contributed by atoms with E-state index in [9.17, 15) is 4.79 Å². The van der Waals surface area contributed by atoms with Crippen LogP contribution in [-0.2, 0) is 9.63 Å². The number of amides is 1. The van der Waals surface area contributed by atoms with Gasteiger partial charge in [0.1, 0.15) is 11.5 Å². The second-order valence-corrected chi connectivity index (χ2v) is 5.83. The molecular formula is C12H23ClN2O2. The van der Waals surface area contributed by atoms with Gasteiger partial charge in [0.15, 0.2) is 0 Å². The third-order valence-corrected chi connectivity index (χ3v) is 3.68. The minimum atomic E-state index is -0.395. The van der Waals surface area contributed by atoms with Crippen molar-refractivity contribution in [3.8, 4) is 0 Å². The Kier molecular flexibility index (Phi) is 4.81. The average molecular weight is 263 g/mol. The normalized spacial score (nSPS) is 27.6. The van der Waals surface area contributed by atoms with E-state index in [0.717, 1.165) is 6.42 Å². The van der Waals surface area contributed by atoms with Crippen molar-refractivity contribution in [3.05, 3.63) is 0 Å². The summed E-state index contributed by atoms with van der Waals surface area (Å²) in [5, 5.41) is -0.395. The number of likely N-dealkylation sites (tertiary alicyclic amines) is 1. The van der Waals surface area contributed by atoms with E-state index in [-0.39, 0.29) is 23.7 Å². The third kappa shape index (κ3) is 3.57. The Labute approximate surface area is 109 Å². The molecule has 100 valence electrons. The van der Waals surface area contributed by atoms with Crippen molar-refractivity contribution < 1.29 is 9.63 Å². The van der Waals surface area contributed by atoms with Gasteiger partial charge < -0.3 is 4.90 Å². The number of hydrogen-bond acceptors (Lipinski definition) is 3. The first-order chi connectivity index (χ1) is 7.78. The number of halogens is 1. The van der Waals surface area contributed by atoms with Gasteiger partial charge in [0.25, 0.3) is 0 Å². The smallest absolute Gasteiger partial charge is 0.242 e. The summed E-state index contributed by atoms with van der Waals surface area (Å²) >= 11 is 5.95. The fourth-order valence-corrected chi connectivity index (χ4v) is 2.21. The maximum Gasteiger partial charge on any atom is 0.242 e. The molecule has 0 aromatic carbocycles. The number of alkyl halides is 1. The molecule has 0 aliphatic carbocycles. The number of carbonyl (C=O) groups excluding carboxylic acids is 1. The summed E-state index contributed by atoms with van der Waals surface area (Å²) in [5.74, 6) is -0.0166. The van der Waals surface area contributed by atoms with Crippen LogP contribution in [-0.4, -0.2) is 34.0 Å².